The van der Waals surface area contributed by atoms with Gasteiger partial charge < -0.3 is 9.30 Å². The Bertz CT molecular complexity index is 1370. The van der Waals surface area contributed by atoms with Crippen LogP contribution in [0.15, 0.2) is 71.7 Å². The Morgan fingerprint density at radius 2 is 1.81 bits per heavy atom. The average Bonchev–Trinajstić information content (AvgIpc) is 2.90. The fraction of sp³-hybridized carbons (Fsp3) is 0.125. The maximum atomic E-state index is 13.4. The first-order valence-electron chi connectivity index (χ1n) is 9.56. The number of hydrogen-bond acceptors (Lipinski definition) is 2. The van der Waals surface area contributed by atoms with Gasteiger partial charge in [-0.2, -0.15) is 13.2 Å². The first-order chi connectivity index (χ1) is 14.8. The van der Waals surface area contributed by atoms with E-state index in [9.17, 15) is 18.0 Å². The van der Waals surface area contributed by atoms with Crippen molar-refractivity contribution in [2.45, 2.75) is 19.2 Å². The van der Waals surface area contributed by atoms with E-state index in [1.807, 2.05) is 18.2 Å². The molecule has 0 saturated carbocycles. The van der Waals surface area contributed by atoms with Crippen LogP contribution in [0.1, 0.15) is 22.3 Å². The van der Waals surface area contributed by atoms with Gasteiger partial charge in [-0.1, -0.05) is 35.9 Å². The van der Waals surface area contributed by atoms with E-state index < -0.39 is 11.7 Å². The third-order valence-corrected chi connectivity index (χ3v) is 5.67. The molecule has 1 aliphatic heterocycles. The van der Waals surface area contributed by atoms with Crippen LogP contribution in [-0.2, 0) is 19.2 Å². The Hall–Kier alpha value is -3.25. The topological polar surface area (TPSA) is 31.2 Å². The van der Waals surface area contributed by atoms with Crippen LogP contribution < -0.4 is 10.2 Å². The van der Waals surface area contributed by atoms with Crippen molar-refractivity contribution < 1.29 is 17.9 Å². The van der Waals surface area contributed by atoms with E-state index in [-0.39, 0.29) is 17.7 Å². The Kier molecular flexibility index (Phi) is 4.55. The molecular weight excluding hydrogens is 427 g/mol. The molecule has 0 aliphatic carbocycles. The van der Waals surface area contributed by atoms with E-state index in [1.165, 1.54) is 6.07 Å². The first-order valence-corrected chi connectivity index (χ1v) is 9.94. The standard InChI is InChI=1S/C24H15ClF3NO2/c25-18-7-4-14(5-8-18)10-16-12-29-20-11-17(24(26,27)28)6-9-21(20)31-13-15-2-1-3-19(22(15)29)23(16)30/h1-9,11-12H,10,13H2. The lowest BCUT2D eigenvalue weighted by Gasteiger charge is -2.16. The fourth-order valence-corrected chi connectivity index (χ4v) is 4.05. The third-order valence-electron chi connectivity index (χ3n) is 5.42. The number of fused-ring (bicyclic) bond motifs is 2. The molecule has 5 rings (SSSR count). The van der Waals surface area contributed by atoms with Gasteiger partial charge in [0, 0.05) is 34.2 Å². The van der Waals surface area contributed by atoms with Crippen LogP contribution in [0.2, 0.25) is 5.02 Å². The summed E-state index contributed by atoms with van der Waals surface area (Å²) in [4.78, 5) is 13.2. The molecule has 0 unspecified atom stereocenters. The zero-order valence-electron chi connectivity index (χ0n) is 16.0. The van der Waals surface area contributed by atoms with E-state index >= 15 is 0 Å². The van der Waals surface area contributed by atoms with E-state index in [0.717, 1.165) is 23.3 Å². The van der Waals surface area contributed by atoms with Crippen LogP contribution >= 0.6 is 11.6 Å². The van der Waals surface area contributed by atoms with Gasteiger partial charge in [0.2, 0.25) is 0 Å². The van der Waals surface area contributed by atoms with Crippen molar-refractivity contribution >= 4 is 22.5 Å². The van der Waals surface area contributed by atoms with Gasteiger partial charge in [0.1, 0.15) is 12.4 Å². The quantitative estimate of drug-likeness (QED) is 0.374. The molecular formula is C24H15ClF3NO2. The Morgan fingerprint density at radius 1 is 1.03 bits per heavy atom. The normalized spacial score (nSPS) is 12.9. The second kappa shape index (κ2) is 7.17. The van der Waals surface area contributed by atoms with Crippen molar-refractivity contribution in [1.82, 2.24) is 4.57 Å². The van der Waals surface area contributed by atoms with Crippen LogP contribution in [0.4, 0.5) is 13.2 Å². The highest BCUT2D eigenvalue weighted by atomic mass is 35.5. The highest BCUT2D eigenvalue weighted by molar-refractivity contribution is 6.30. The smallest absolute Gasteiger partial charge is 0.416 e. The number of nitrogens with zero attached hydrogens (tertiary/aromatic N) is 1. The second-order valence-electron chi connectivity index (χ2n) is 7.44. The van der Waals surface area contributed by atoms with Crippen LogP contribution in [0.3, 0.4) is 0 Å². The molecule has 3 aromatic carbocycles. The third kappa shape index (κ3) is 3.47. The number of rotatable bonds is 2. The predicted molar refractivity (Wildman–Crippen MR) is 113 cm³/mol. The summed E-state index contributed by atoms with van der Waals surface area (Å²) in [5.74, 6) is 0.326. The molecule has 156 valence electrons. The maximum absolute atomic E-state index is 13.4. The SMILES string of the molecule is O=c1c(Cc2ccc(Cl)cc2)cn2c3c(cccc13)COc1ccc(C(F)(F)F)cc1-2. The fourth-order valence-electron chi connectivity index (χ4n) is 3.93. The largest absolute Gasteiger partial charge is 0.487 e. The lowest BCUT2D eigenvalue weighted by molar-refractivity contribution is -0.137. The molecule has 31 heavy (non-hydrogen) atoms. The Morgan fingerprint density at radius 3 is 2.55 bits per heavy atom. The van der Waals surface area contributed by atoms with E-state index in [2.05, 4.69) is 0 Å². The Labute approximate surface area is 180 Å². The summed E-state index contributed by atoms with van der Waals surface area (Å²) in [6.07, 6.45) is -2.55. The number of alkyl halides is 3. The summed E-state index contributed by atoms with van der Waals surface area (Å²) < 4.78 is 47.6. The average molecular weight is 442 g/mol. The van der Waals surface area contributed by atoms with Crippen LogP contribution in [-0.4, -0.2) is 4.57 Å². The minimum Gasteiger partial charge on any atom is -0.487 e. The van der Waals surface area contributed by atoms with Gasteiger partial charge in [-0.25, -0.2) is 0 Å². The highest BCUT2D eigenvalue weighted by Gasteiger charge is 2.32. The van der Waals surface area contributed by atoms with E-state index in [4.69, 9.17) is 16.3 Å². The lowest BCUT2D eigenvalue weighted by Crippen LogP contribution is -2.15. The monoisotopic (exact) mass is 441 g/mol. The summed E-state index contributed by atoms with van der Waals surface area (Å²) >= 11 is 5.95. The van der Waals surface area contributed by atoms with Gasteiger partial charge in [0.15, 0.2) is 5.43 Å². The van der Waals surface area contributed by atoms with Crippen molar-refractivity contribution in [3.8, 4) is 11.4 Å². The summed E-state index contributed by atoms with van der Waals surface area (Å²) in [5.41, 5.74) is 1.96. The van der Waals surface area contributed by atoms with Gasteiger partial charge in [0.25, 0.3) is 0 Å². The van der Waals surface area contributed by atoms with Crippen LogP contribution in [0, 0.1) is 0 Å². The van der Waals surface area contributed by atoms with Crippen molar-refractivity contribution in [3.05, 3.63) is 104 Å². The number of para-hydroxylation sites is 1. The molecule has 1 aromatic heterocycles. The molecule has 0 N–H and O–H groups in total. The van der Waals surface area contributed by atoms with Crippen molar-refractivity contribution in [3.63, 3.8) is 0 Å². The van der Waals surface area contributed by atoms with Gasteiger partial charge in [0.05, 0.1) is 16.8 Å². The molecule has 3 nitrogen and oxygen atoms in total. The molecule has 0 radical (unpaired) electrons. The summed E-state index contributed by atoms with van der Waals surface area (Å²) in [6.45, 7) is 0.158. The summed E-state index contributed by atoms with van der Waals surface area (Å²) in [6, 6.07) is 15.8. The summed E-state index contributed by atoms with van der Waals surface area (Å²) in [7, 11) is 0. The number of benzene rings is 3. The molecule has 0 fully saturated rings. The molecule has 0 amide bonds. The first kappa shape index (κ1) is 19.7. The van der Waals surface area contributed by atoms with E-state index in [0.29, 0.717) is 33.7 Å². The molecule has 0 spiro atoms. The zero-order chi connectivity index (χ0) is 21.8. The van der Waals surface area contributed by atoms with Crippen molar-refractivity contribution in [2.24, 2.45) is 0 Å². The highest BCUT2D eigenvalue weighted by Crippen LogP contribution is 2.37. The lowest BCUT2D eigenvalue weighted by atomic mass is 10.0. The van der Waals surface area contributed by atoms with Gasteiger partial charge >= 0.3 is 6.18 Å². The van der Waals surface area contributed by atoms with Crippen molar-refractivity contribution in [1.29, 1.82) is 0 Å². The molecule has 2 heterocycles. The molecule has 0 bridgehead atoms. The second-order valence-corrected chi connectivity index (χ2v) is 7.88. The van der Waals surface area contributed by atoms with Crippen LogP contribution in [0.5, 0.6) is 5.75 Å². The number of ether oxygens (including phenoxy) is 1. The van der Waals surface area contributed by atoms with Crippen molar-refractivity contribution in [2.75, 3.05) is 0 Å². The predicted octanol–water partition coefficient (Wildman–Crippen LogP) is 6.15. The molecule has 0 saturated heterocycles. The molecule has 7 heteroatoms. The molecule has 1 aliphatic rings. The minimum atomic E-state index is -4.49. The molecule has 4 aromatic rings. The van der Waals surface area contributed by atoms with Crippen LogP contribution in [0.25, 0.3) is 16.6 Å². The number of halogens is 4. The van der Waals surface area contributed by atoms with Gasteiger partial charge in [-0.15, -0.1) is 0 Å². The number of aromatic nitrogens is 1. The molecule has 0 atom stereocenters. The van der Waals surface area contributed by atoms with Gasteiger partial charge in [-0.3, -0.25) is 4.79 Å². The van der Waals surface area contributed by atoms with E-state index in [1.54, 1.807) is 35.0 Å². The zero-order valence-corrected chi connectivity index (χ0v) is 16.8. The summed E-state index contributed by atoms with van der Waals surface area (Å²) in [5, 5.41) is 1.03. The Balaban J connectivity index is 1.78. The minimum absolute atomic E-state index is 0.154. The van der Waals surface area contributed by atoms with Gasteiger partial charge in [-0.05, 0) is 42.0 Å². The number of pyridine rings is 1. The maximum Gasteiger partial charge on any atom is 0.416 e. The number of hydrogen-bond donors (Lipinski definition) is 0.